The van der Waals surface area contributed by atoms with Gasteiger partial charge in [-0.1, -0.05) is 0 Å². The first kappa shape index (κ1) is 12.0. The van der Waals surface area contributed by atoms with Crippen LogP contribution >= 0.6 is 0 Å². The predicted molar refractivity (Wildman–Crippen MR) is 66.5 cm³/mol. The van der Waals surface area contributed by atoms with E-state index in [1.807, 2.05) is 6.07 Å². The van der Waals surface area contributed by atoms with Crippen molar-refractivity contribution < 1.29 is 9.53 Å². The number of nitrogens with zero attached hydrogens (tertiary/aromatic N) is 2. The molecule has 2 rings (SSSR count). The van der Waals surface area contributed by atoms with Crippen molar-refractivity contribution in [2.24, 2.45) is 0 Å². The molecule has 0 saturated carbocycles. The standard InChI is InChI=1S/C13H18N2O2/c1-10(16)11-5-4-6-14-12(11)15-7-8-17-9-13(15,2)3/h4-6H,7-9H2,1-3H3. The van der Waals surface area contributed by atoms with Crippen molar-refractivity contribution in [1.29, 1.82) is 0 Å². The fourth-order valence-electron chi connectivity index (χ4n) is 2.14. The van der Waals surface area contributed by atoms with Crippen LogP contribution in [0.3, 0.4) is 0 Å². The number of pyridine rings is 1. The van der Waals surface area contributed by atoms with Crippen molar-refractivity contribution in [2.45, 2.75) is 26.3 Å². The molecule has 1 aromatic rings. The molecular formula is C13H18N2O2. The molecule has 17 heavy (non-hydrogen) atoms. The van der Waals surface area contributed by atoms with Crippen LogP contribution in [0.1, 0.15) is 31.1 Å². The first-order valence-corrected chi connectivity index (χ1v) is 5.84. The van der Waals surface area contributed by atoms with E-state index >= 15 is 0 Å². The Hall–Kier alpha value is -1.42. The number of ketones is 1. The zero-order chi connectivity index (χ0) is 12.5. The number of rotatable bonds is 2. The van der Waals surface area contributed by atoms with Gasteiger partial charge < -0.3 is 9.64 Å². The van der Waals surface area contributed by atoms with Crippen LogP contribution < -0.4 is 4.90 Å². The van der Waals surface area contributed by atoms with Gasteiger partial charge in [0.15, 0.2) is 5.78 Å². The van der Waals surface area contributed by atoms with E-state index in [2.05, 4.69) is 23.7 Å². The highest BCUT2D eigenvalue weighted by Crippen LogP contribution is 2.28. The summed E-state index contributed by atoms with van der Waals surface area (Å²) < 4.78 is 5.48. The molecule has 4 nitrogen and oxygen atoms in total. The number of Topliss-reactive ketones (excluding diaryl/α,β-unsaturated/α-hetero) is 1. The minimum absolute atomic E-state index is 0.0513. The Bertz CT molecular complexity index is 429. The van der Waals surface area contributed by atoms with Gasteiger partial charge >= 0.3 is 0 Å². The minimum Gasteiger partial charge on any atom is -0.377 e. The van der Waals surface area contributed by atoms with Gasteiger partial charge in [0, 0.05) is 12.7 Å². The maximum Gasteiger partial charge on any atom is 0.163 e. The summed E-state index contributed by atoms with van der Waals surface area (Å²) >= 11 is 0. The highest BCUT2D eigenvalue weighted by atomic mass is 16.5. The molecule has 1 aliphatic heterocycles. The average molecular weight is 234 g/mol. The van der Waals surface area contributed by atoms with Gasteiger partial charge in [-0.2, -0.15) is 0 Å². The molecule has 1 aromatic heterocycles. The van der Waals surface area contributed by atoms with E-state index in [4.69, 9.17) is 4.74 Å². The van der Waals surface area contributed by atoms with E-state index in [0.717, 1.165) is 12.4 Å². The lowest BCUT2D eigenvalue weighted by Crippen LogP contribution is -2.54. The van der Waals surface area contributed by atoms with Gasteiger partial charge in [-0.25, -0.2) is 4.98 Å². The third-order valence-corrected chi connectivity index (χ3v) is 3.07. The molecule has 2 heterocycles. The van der Waals surface area contributed by atoms with E-state index in [-0.39, 0.29) is 11.3 Å². The molecule has 0 amide bonds. The summed E-state index contributed by atoms with van der Waals surface area (Å²) in [4.78, 5) is 18.2. The van der Waals surface area contributed by atoms with Gasteiger partial charge in [0.2, 0.25) is 0 Å². The number of hydrogen-bond acceptors (Lipinski definition) is 4. The third kappa shape index (κ3) is 2.31. The molecule has 0 N–H and O–H groups in total. The summed E-state index contributed by atoms with van der Waals surface area (Å²) in [5.74, 6) is 0.823. The molecule has 1 aliphatic rings. The molecule has 1 saturated heterocycles. The van der Waals surface area contributed by atoms with E-state index in [9.17, 15) is 4.79 Å². The first-order chi connectivity index (χ1) is 8.02. The summed E-state index contributed by atoms with van der Waals surface area (Å²) in [6, 6.07) is 3.63. The molecule has 0 radical (unpaired) electrons. The van der Waals surface area contributed by atoms with Crippen molar-refractivity contribution in [3.63, 3.8) is 0 Å². The number of anilines is 1. The highest BCUT2D eigenvalue weighted by molar-refractivity contribution is 5.98. The van der Waals surface area contributed by atoms with Crippen LogP contribution in [0.25, 0.3) is 0 Å². The number of ether oxygens (including phenoxy) is 1. The summed E-state index contributed by atoms with van der Waals surface area (Å²) in [6.07, 6.45) is 1.73. The van der Waals surface area contributed by atoms with Crippen LogP contribution in [-0.4, -0.2) is 36.1 Å². The van der Waals surface area contributed by atoms with Crippen LogP contribution in [0, 0.1) is 0 Å². The van der Waals surface area contributed by atoms with Crippen molar-refractivity contribution in [3.8, 4) is 0 Å². The summed E-state index contributed by atoms with van der Waals surface area (Å²) in [5, 5.41) is 0. The lowest BCUT2D eigenvalue weighted by Gasteiger charge is -2.43. The fourth-order valence-corrected chi connectivity index (χ4v) is 2.14. The minimum atomic E-state index is -0.128. The average Bonchev–Trinajstić information content (AvgIpc) is 2.28. The zero-order valence-corrected chi connectivity index (χ0v) is 10.6. The largest absolute Gasteiger partial charge is 0.377 e. The maximum atomic E-state index is 11.6. The van der Waals surface area contributed by atoms with Crippen LogP contribution in [0.15, 0.2) is 18.3 Å². The predicted octanol–water partition coefficient (Wildman–Crippen LogP) is 1.90. The Morgan fingerprint density at radius 3 is 2.94 bits per heavy atom. The van der Waals surface area contributed by atoms with E-state index in [0.29, 0.717) is 18.8 Å². The Morgan fingerprint density at radius 2 is 2.29 bits per heavy atom. The zero-order valence-electron chi connectivity index (χ0n) is 10.6. The summed E-state index contributed by atoms with van der Waals surface area (Å²) in [5.41, 5.74) is 0.555. The second-order valence-corrected chi connectivity index (χ2v) is 4.95. The molecule has 0 unspecified atom stereocenters. The van der Waals surface area contributed by atoms with Gasteiger partial charge in [-0.3, -0.25) is 4.79 Å². The molecule has 92 valence electrons. The highest BCUT2D eigenvalue weighted by Gasteiger charge is 2.33. The molecule has 0 aliphatic carbocycles. The number of hydrogen-bond donors (Lipinski definition) is 0. The maximum absolute atomic E-state index is 11.6. The Morgan fingerprint density at radius 1 is 1.53 bits per heavy atom. The van der Waals surface area contributed by atoms with Crippen molar-refractivity contribution in [3.05, 3.63) is 23.9 Å². The SMILES string of the molecule is CC(=O)c1cccnc1N1CCOCC1(C)C. The molecule has 0 bridgehead atoms. The lowest BCUT2D eigenvalue weighted by molar-refractivity contribution is 0.0637. The quantitative estimate of drug-likeness (QED) is 0.733. The Balaban J connectivity index is 2.42. The third-order valence-electron chi connectivity index (χ3n) is 3.07. The molecule has 0 aromatic carbocycles. The first-order valence-electron chi connectivity index (χ1n) is 5.84. The summed E-state index contributed by atoms with van der Waals surface area (Å²) in [7, 11) is 0. The summed E-state index contributed by atoms with van der Waals surface area (Å²) in [6.45, 7) is 7.88. The second kappa shape index (κ2) is 4.45. The number of morpholine rings is 1. The van der Waals surface area contributed by atoms with Crippen LogP contribution in [0.4, 0.5) is 5.82 Å². The second-order valence-electron chi connectivity index (χ2n) is 4.95. The van der Waals surface area contributed by atoms with E-state index in [1.54, 1.807) is 19.2 Å². The van der Waals surface area contributed by atoms with Gasteiger partial charge in [-0.15, -0.1) is 0 Å². The fraction of sp³-hybridized carbons (Fsp3) is 0.538. The van der Waals surface area contributed by atoms with Gasteiger partial charge in [0.25, 0.3) is 0 Å². The van der Waals surface area contributed by atoms with Crippen LogP contribution in [0.2, 0.25) is 0 Å². The van der Waals surface area contributed by atoms with Crippen molar-refractivity contribution in [2.75, 3.05) is 24.7 Å². The van der Waals surface area contributed by atoms with Gasteiger partial charge in [0.1, 0.15) is 5.82 Å². The molecule has 4 heteroatoms. The molecular weight excluding hydrogens is 216 g/mol. The van der Waals surface area contributed by atoms with E-state index < -0.39 is 0 Å². The Labute approximate surface area is 102 Å². The van der Waals surface area contributed by atoms with Gasteiger partial charge in [-0.05, 0) is 32.9 Å². The molecule has 0 spiro atoms. The number of carbonyl (C=O) groups is 1. The van der Waals surface area contributed by atoms with Crippen LogP contribution in [0.5, 0.6) is 0 Å². The van der Waals surface area contributed by atoms with Crippen molar-refractivity contribution >= 4 is 11.6 Å². The normalized spacial score (nSPS) is 19.1. The van der Waals surface area contributed by atoms with E-state index in [1.165, 1.54) is 0 Å². The smallest absolute Gasteiger partial charge is 0.163 e. The topological polar surface area (TPSA) is 42.4 Å². The molecule has 1 fully saturated rings. The number of carbonyl (C=O) groups excluding carboxylic acids is 1. The molecule has 0 atom stereocenters. The van der Waals surface area contributed by atoms with Gasteiger partial charge in [0.05, 0.1) is 24.3 Å². The van der Waals surface area contributed by atoms with Crippen LogP contribution in [-0.2, 0) is 4.74 Å². The number of aromatic nitrogens is 1. The lowest BCUT2D eigenvalue weighted by atomic mass is 10.0. The van der Waals surface area contributed by atoms with Crippen molar-refractivity contribution in [1.82, 2.24) is 4.98 Å². The Kier molecular flexibility index (Phi) is 3.15. The monoisotopic (exact) mass is 234 g/mol.